The summed E-state index contributed by atoms with van der Waals surface area (Å²) < 4.78 is 0. The topological polar surface area (TPSA) is 82.1 Å². The molecule has 1 atom stereocenters. The number of H-pyrrole nitrogens is 1. The van der Waals surface area contributed by atoms with Crippen LogP contribution in [-0.2, 0) is 19.4 Å². The predicted octanol–water partition coefficient (Wildman–Crippen LogP) is 3.06. The molecule has 28 heavy (non-hydrogen) atoms. The normalized spacial score (nSPS) is 14.3. The highest BCUT2D eigenvalue weighted by Gasteiger charge is 2.27. The summed E-state index contributed by atoms with van der Waals surface area (Å²) in [5.74, 6) is -0.147. The van der Waals surface area contributed by atoms with E-state index in [2.05, 4.69) is 15.2 Å². The lowest BCUT2D eigenvalue weighted by atomic mass is 9.95. The first-order chi connectivity index (χ1) is 13.7. The quantitative estimate of drug-likeness (QED) is 0.693. The van der Waals surface area contributed by atoms with E-state index >= 15 is 0 Å². The van der Waals surface area contributed by atoms with E-state index in [0.717, 1.165) is 48.1 Å². The second-order valence-electron chi connectivity index (χ2n) is 7.20. The highest BCUT2D eigenvalue weighted by molar-refractivity contribution is 5.94. The molecule has 0 fully saturated rings. The average molecular weight is 376 g/mol. The molecule has 2 N–H and O–H groups in total. The Labute approximate surface area is 164 Å². The van der Waals surface area contributed by atoms with Crippen molar-refractivity contribution in [3.8, 4) is 0 Å². The molecule has 2 heterocycles. The van der Waals surface area contributed by atoms with E-state index in [1.54, 1.807) is 17.3 Å². The number of hydrogen-bond donors (Lipinski definition) is 2. The number of carbonyl (C=O) groups excluding carboxylic acids is 1. The third-order valence-corrected chi connectivity index (χ3v) is 5.25. The number of aryl methyl sites for hydroxylation is 1. The van der Waals surface area contributed by atoms with Crippen molar-refractivity contribution < 1.29 is 9.90 Å². The molecule has 1 aliphatic carbocycles. The van der Waals surface area contributed by atoms with Crippen molar-refractivity contribution in [3.05, 3.63) is 82.9 Å². The zero-order chi connectivity index (χ0) is 19.3. The van der Waals surface area contributed by atoms with Crippen LogP contribution in [0.5, 0.6) is 0 Å². The molecule has 144 valence electrons. The van der Waals surface area contributed by atoms with Crippen LogP contribution in [0.4, 0.5) is 0 Å². The number of aliphatic hydroxyl groups excluding tert-OH is 1. The van der Waals surface area contributed by atoms with Gasteiger partial charge in [-0.05, 0) is 48.9 Å². The van der Waals surface area contributed by atoms with Gasteiger partial charge in [0.25, 0.3) is 5.91 Å². The molecule has 6 heteroatoms. The summed E-state index contributed by atoms with van der Waals surface area (Å²) in [5, 5.41) is 18.1. The summed E-state index contributed by atoms with van der Waals surface area (Å²) in [6.07, 6.45) is 6.66. The number of rotatable bonds is 6. The number of aromatic amines is 1. The number of pyridine rings is 1. The van der Waals surface area contributed by atoms with Crippen LogP contribution in [0.1, 0.15) is 51.8 Å². The summed E-state index contributed by atoms with van der Waals surface area (Å²) in [6.45, 7) is 0.597. The van der Waals surface area contributed by atoms with Crippen molar-refractivity contribution in [2.45, 2.75) is 38.3 Å². The van der Waals surface area contributed by atoms with Crippen molar-refractivity contribution in [2.24, 2.45) is 0 Å². The minimum absolute atomic E-state index is 0.147. The first-order valence-electron chi connectivity index (χ1n) is 9.69. The van der Waals surface area contributed by atoms with Crippen LogP contribution in [0.25, 0.3) is 0 Å². The summed E-state index contributed by atoms with van der Waals surface area (Å²) >= 11 is 0. The highest BCUT2D eigenvalue weighted by atomic mass is 16.3. The molecule has 0 unspecified atom stereocenters. The van der Waals surface area contributed by atoms with Crippen molar-refractivity contribution in [2.75, 3.05) is 6.54 Å². The van der Waals surface area contributed by atoms with Crippen LogP contribution in [-0.4, -0.2) is 37.6 Å². The Morgan fingerprint density at radius 1 is 1.11 bits per heavy atom. The molecular weight excluding hydrogens is 352 g/mol. The summed E-state index contributed by atoms with van der Waals surface area (Å²) in [4.78, 5) is 19.1. The van der Waals surface area contributed by atoms with E-state index in [-0.39, 0.29) is 12.5 Å². The SMILES string of the molecule is O=C(c1n[nH]c2c1CCCC2)N(Cc1ccncc1)C[C@H](O)c1ccccc1. The van der Waals surface area contributed by atoms with Crippen LogP contribution in [0.2, 0.25) is 0 Å². The van der Waals surface area contributed by atoms with Gasteiger partial charge >= 0.3 is 0 Å². The Kier molecular flexibility index (Phi) is 5.48. The van der Waals surface area contributed by atoms with Gasteiger partial charge in [0.1, 0.15) is 0 Å². The molecule has 0 aliphatic heterocycles. The van der Waals surface area contributed by atoms with Crippen LogP contribution < -0.4 is 0 Å². The predicted molar refractivity (Wildman–Crippen MR) is 106 cm³/mol. The molecule has 1 aromatic carbocycles. The summed E-state index contributed by atoms with van der Waals surface area (Å²) in [7, 11) is 0. The number of carbonyl (C=O) groups is 1. The van der Waals surface area contributed by atoms with E-state index in [4.69, 9.17) is 0 Å². The number of benzene rings is 1. The van der Waals surface area contributed by atoms with Gasteiger partial charge in [0.15, 0.2) is 5.69 Å². The van der Waals surface area contributed by atoms with E-state index in [0.29, 0.717) is 12.2 Å². The van der Waals surface area contributed by atoms with E-state index in [1.807, 2.05) is 42.5 Å². The number of amides is 1. The molecule has 0 saturated carbocycles. The molecule has 0 radical (unpaired) electrons. The number of aliphatic hydroxyl groups is 1. The third kappa shape index (κ3) is 3.97. The van der Waals surface area contributed by atoms with Gasteiger partial charge in [-0.2, -0.15) is 5.10 Å². The first kappa shape index (κ1) is 18.4. The van der Waals surface area contributed by atoms with Crippen molar-refractivity contribution in [3.63, 3.8) is 0 Å². The van der Waals surface area contributed by atoms with Crippen molar-refractivity contribution in [1.29, 1.82) is 0 Å². The Morgan fingerprint density at radius 2 is 1.86 bits per heavy atom. The molecule has 0 saturated heterocycles. The zero-order valence-corrected chi connectivity index (χ0v) is 15.7. The summed E-state index contributed by atoms with van der Waals surface area (Å²) in [6, 6.07) is 13.2. The fraction of sp³-hybridized carbons (Fsp3) is 0.318. The van der Waals surface area contributed by atoms with Gasteiger partial charge in [-0.3, -0.25) is 14.9 Å². The molecule has 2 aromatic heterocycles. The Bertz CT molecular complexity index is 924. The maximum atomic E-state index is 13.4. The number of hydrogen-bond acceptors (Lipinski definition) is 4. The molecule has 3 aromatic rings. The molecule has 4 rings (SSSR count). The van der Waals surface area contributed by atoms with Gasteiger partial charge in [0, 0.05) is 30.2 Å². The molecule has 0 bridgehead atoms. The van der Waals surface area contributed by atoms with E-state index < -0.39 is 6.10 Å². The standard InChI is InChI=1S/C22H24N4O2/c27-20(17-6-2-1-3-7-17)15-26(14-16-10-12-23-13-11-16)22(28)21-18-8-4-5-9-19(18)24-25-21/h1-3,6-7,10-13,20,27H,4-5,8-9,14-15H2,(H,24,25)/t20-/m0/s1. The molecule has 6 nitrogen and oxygen atoms in total. The lowest BCUT2D eigenvalue weighted by Crippen LogP contribution is -2.35. The number of aromatic nitrogens is 3. The molecule has 0 spiro atoms. The second kappa shape index (κ2) is 8.35. The number of fused-ring (bicyclic) bond motifs is 1. The molecular formula is C22H24N4O2. The molecule has 1 amide bonds. The van der Waals surface area contributed by atoms with E-state index in [9.17, 15) is 9.90 Å². The van der Waals surface area contributed by atoms with Gasteiger partial charge in [-0.15, -0.1) is 0 Å². The fourth-order valence-corrected chi connectivity index (χ4v) is 3.72. The second-order valence-corrected chi connectivity index (χ2v) is 7.20. The minimum atomic E-state index is -0.762. The first-order valence-corrected chi connectivity index (χ1v) is 9.69. The lowest BCUT2D eigenvalue weighted by Gasteiger charge is -2.26. The smallest absolute Gasteiger partial charge is 0.275 e. The van der Waals surface area contributed by atoms with Crippen LogP contribution >= 0.6 is 0 Å². The minimum Gasteiger partial charge on any atom is -0.387 e. The van der Waals surface area contributed by atoms with Crippen LogP contribution in [0.15, 0.2) is 54.9 Å². The Morgan fingerprint density at radius 3 is 2.64 bits per heavy atom. The van der Waals surface area contributed by atoms with Crippen molar-refractivity contribution >= 4 is 5.91 Å². The average Bonchev–Trinajstić information content (AvgIpc) is 3.18. The van der Waals surface area contributed by atoms with Gasteiger partial charge in [-0.25, -0.2) is 0 Å². The highest BCUT2D eigenvalue weighted by Crippen LogP contribution is 2.24. The van der Waals surface area contributed by atoms with Crippen molar-refractivity contribution in [1.82, 2.24) is 20.1 Å². The number of nitrogens with zero attached hydrogens (tertiary/aromatic N) is 3. The number of nitrogens with one attached hydrogen (secondary N) is 1. The largest absolute Gasteiger partial charge is 0.387 e. The van der Waals surface area contributed by atoms with Crippen LogP contribution in [0, 0.1) is 0 Å². The third-order valence-electron chi connectivity index (χ3n) is 5.25. The Balaban J connectivity index is 1.60. The molecule has 1 aliphatic rings. The zero-order valence-electron chi connectivity index (χ0n) is 15.7. The van der Waals surface area contributed by atoms with Gasteiger partial charge in [-0.1, -0.05) is 30.3 Å². The van der Waals surface area contributed by atoms with Gasteiger partial charge < -0.3 is 10.0 Å². The maximum Gasteiger partial charge on any atom is 0.275 e. The maximum absolute atomic E-state index is 13.4. The lowest BCUT2D eigenvalue weighted by molar-refractivity contribution is 0.0597. The summed E-state index contributed by atoms with van der Waals surface area (Å²) in [5.41, 5.74) is 4.35. The van der Waals surface area contributed by atoms with Gasteiger partial charge in [0.05, 0.1) is 12.6 Å². The van der Waals surface area contributed by atoms with Crippen LogP contribution in [0.3, 0.4) is 0 Å². The Hall–Kier alpha value is -2.99. The monoisotopic (exact) mass is 376 g/mol. The van der Waals surface area contributed by atoms with Gasteiger partial charge in [0.2, 0.25) is 0 Å². The fourth-order valence-electron chi connectivity index (χ4n) is 3.72. The van der Waals surface area contributed by atoms with E-state index in [1.165, 1.54) is 0 Å².